The third-order valence-electron chi connectivity index (χ3n) is 1.35. The molecule has 0 heterocycles. The van der Waals surface area contributed by atoms with Crippen LogP contribution in [0.5, 0.6) is 0 Å². The smallest absolute Gasteiger partial charge is 0.759 e. The Balaban J connectivity index is -0.000000280. The van der Waals surface area contributed by atoms with Crippen molar-refractivity contribution < 1.29 is 34.6 Å². The van der Waals surface area contributed by atoms with E-state index in [1.165, 1.54) is 0 Å². The molecule has 0 aromatic carbocycles. The molecule has 17 heavy (non-hydrogen) atoms. The van der Waals surface area contributed by atoms with Gasteiger partial charge in [0.05, 0.1) is 0 Å². The van der Waals surface area contributed by atoms with E-state index >= 15 is 0 Å². The van der Waals surface area contributed by atoms with Gasteiger partial charge in [0.15, 0.2) is 0 Å². The van der Waals surface area contributed by atoms with E-state index in [2.05, 4.69) is 10.6 Å². The molecule has 105 valence electrons. The molecule has 0 fully saturated rings. The normalized spacial score (nSPS) is 10.1. The monoisotopic (exact) mass is 311 g/mol. The number of hydrogen-bond donors (Lipinski definition) is 4. The van der Waals surface area contributed by atoms with Gasteiger partial charge in [-0.2, -0.15) is 0 Å². The van der Waals surface area contributed by atoms with Gasteiger partial charge in [0.1, 0.15) is 0 Å². The van der Waals surface area contributed by atoms with E-state index < -0.39 is 10.4 Å². The van der Waals surface area contributed by atoms with Gasteiger partial charge >= 0.3 is 17.1 Å². The first-order chi connectivity index (χ1) is 7.41. The van der Waals surface area contributed by atoms with Crippen LogP contribution in [0, 0.1) is 0 Å². The summed E-state index contributed by atoms with van der Waals surface area (Å²) in [5.74, 6) is 0. The zero-order valence-electron chi connectivity index (χ0n) is 9.52. The minimum atomic E-state index is -5.17. The molecule has 0 unspecified atom stereocenters. The Morgan fingerprint density at radius 3 is 1.41 bits per heavy atom. The molecule has 6 N–H and O–H groups in total. The third-order valence-corrected chi connectivity index (χ3v) is 1.35. The SMILES string of the molecule is NCCNCCCNCCN.O=S(=O)([O-])[O-].[Mn+2]. The van der Waals surface area contributed by atoms with E-state index in [0.717, 1.165) is 45.7 Å². The van der Waals surface area contributed by atoms with Crippen LogP contribution in [-0.2, 0) is 27.5 Å². The zero-order valence-corrected chi connectivity index (χ0v) is 11.5. The van der Waals surface area contributed by atoms with Gasteiger partial charge in [-0.1, -0.05) is 0 Å². The summed E-state index contributed by atoms with van der Waals surface area (Å²) in [6.45, 7) is 5.34. The summed E-state index contributed by atoms with van der Waals surface area (Å²) in [7, 11) is -5.17. The first-order valence-corrected chi connectivity index (χ1v) is 6.23. The van der Waals surface area contributed by atoms with Gasteiger partial charge in [0.25, 0.3) is 0 Å². The summed E-state index contributed by atoms with van der Waals surface area (Å²) >= 11 is 0. The molecule has 0 amide bonds. The van der Waals surface area contributed by atoms with E-state index in [-0.39, 0.29) is 17.1 Å². The fraction of sp³-hybridized carbons (Fsp3) is 1.00. The topological polar surface area (TPSA) is 156 Å². The summed E-state index contributed by atoms with van der Waals surface area (Å²) in [6.07, 6.45) is 1.14. The molecule has 0 saturated carbocycles. The van der Waals surface area contributed by atoms with Crippen molar-refractivity contribution in [2.45, 2.75) is 6.42 Å². The maximum Gasteiger partial charge on any atom is 2.00 e. The van der Waals surface area contributed by atoms with Crippen molar-refractivity contribution in [3.05, 3.63) is 0 Å². The minimum Gasteiger partial charge on any atom is -0.759 e. The molecular formula is C7H20MnN4O4S. The van der Waals surface area contributed by atoms with E-state index in [0.29, 0.717) is 0 Å². The fourth-order valence-corrected chi connectivity index (χ4v) is 0.793. The van der Waals surface area contributed by atoms with Gasteiger partial charge in [-0.25, -0.2) is 0 Å². The zero-order chi connectivity index (χ0) is 12.9. The van der Waals surface area contributed by atoms with Crippen molar-refractivity contribution in [1.82, 2.24) is 10.6 Å². The molecule has 0 aliphatic rings. The van der Waals surface area contributed by atoms with Crippen molar-refractivity contribution in [3.8, 4) is 0 Å². The van der Waals surface area contributed by atoms with Crippen LogP contribution in [0.25, 0.3) is 0 Å². The van der Waals surface area contributed by atoms with Crippen LogP contribution in [0.1, 0.15) is 6.42 Å². The number of nitrogens with two attached hydrogens (primary N) is 2. The van der Waals surface area contributed by atoms with Gasteiger partial charge in [0, 0.05) is 36.6 Å². The quantitative estimate of drug-likeness (QED) is 0.161. The summed E-state index contributed by atoms with van der Waals surface area (Å²) in [5, 5.41) is 6.43. The molecule has 0 saturated heterocycles. The van der Waals surface area contributed by atoms with Gasteiger partial charge in [-0.15, -0.1) is 0 Å². The molecule has 10 heteroatoms. The Hall–Kier alpha value is 0.229. The van der Waals surface area contributed by atoms with Gasteiger partial charge in [0.2, 0.25) is 0 Å². The van der Waals surface area contributed by atoms with Gasteiger partial charge in [-0.3, -0.25) is 8.42 Å². The van der Waals surface area contributed by atoms with Crippen molar-refractivity contribution >= 4 is 10.4 Å². The van der Waals surface area contributed by atoms with Crippen LogP contribution in [0.3, 0.4) is 0 Å². The first-order valence-electron chi connectivity index (χ1n) is 4.90. The molecule has 0 spiro atoms. The predicted octanol–water partition coefficient (Wildman–Crippen LogP) is -2.87. The summed E-state index contributed by atoms with van der Waals surface area (Å²) in [6, 6.07) is 0. The molecule has 1 radical (unpaired) electrons. The number of rotatable bonds is 8. The molecule has 0 aliphatic heterocycles. The molecule has 0 aromatic rings. The first kappa shape index (κ1) is 22.4. The summed E-state index contributed by atoms with van der Waals surface area (Å²) < 4.78 is 34.1. The van der Waals surface area contributed by atoms with Crippen LogP contribution in [0.4, 0.5) is 0 Å². The van der Waals surface area contributed by atoms with E-state index in [9.17, 15) is 0 Å². The molecule has 0 rings (SSSR count). The Labute approximate surface area is 113 Å². The average molecular weight is 311 g/mol. The van der Waals surface area contributed by atoms with Crippen LogP contribution in [-0.4, -0.2) is 56.8 Å². The van der Waals surface area contributed by atoms with E-state index in [1.807, 2.05) is 0 Å². The Kier molecular flexibility index (Phi) is 21.4. The second kappa shape index (κ2) is 16.2. The molecular weight excluding hydrogens is 291 g/mol. The maximum atomic E-state index is 8.52. The van der Waals surface area contributed by atoms with Crippen LogP contribution in [0.2, 0.25) is 0 Å². The Morgan fingerprint density at radius 1 is 0.882 bits per heavy atom. The van der Waals surface area contributed by atoms with Crippen LogP contribution >= 0.6 is 0 Å². The fourth-order valence-electron chi connectivity index (χ4n) is 0.793. The van der Waals surface area contributed by atoms with Crippen LogP contribution in [0.15, 0.2) is 0 Å². The number of nitrogens with one attached hydrogen (secondary N) is 2. The molecule has 0 aliphatic carbocycles. The van der Waals surface area contributed by atoms with Crippen molar-refractivity contribution in [2.75, 3.05) is 39.3 Å². The second-order valence-electron chi connectivity index (χ2n) is 2.84. The Bertz CT molecular complexity index is 212. The van der Waals surface area contributed by atoms with Gasteiger partial charge < -0.3 is 31.2 Å². The van der Waals surface area contributed by atoms with Gasteiger partial charge in [-0.05, 0) is 19.5 Å². The standard InChI is InChI=1S/C7H20N4.Mn.H2O4S/c8-2-6-10-4-1-5-11-7-3-9;;1-5(2,3)4/h10-11H,1-9H2;;(H2,1,2,3,4)/q;+2;/p-2. The van der Waals surface area contributed by atoms with Crippen LogP contribution < -0.4 is 22.1 Å². The Morgan fingerprint density at radius 2 is 1.18 bits per heavy atom. The largest absolute Gasteiger partial charge is 2.00 e. The predicted molar refractivity (Wildman–Crippen MR) is 58.9 cm³/mol. The molecule has 0 bridgehead atoms. The summed E-state index contributed by atoms with van der Waals surface area (Å²) in [5.41, 5.74) is 10.6. The minimum absolute atomic E-state index is 0. The summed E-state index contributed by atoms with van der Waals surface area (Å²) in [4.78, 5) is 0. The van der Waals surface area contributed by atoms with Crippen molar-refractivity contribution in [1.29, 1.82) is 0 Å². The molecule has 0 atom stereocenters. The molecule has 0 aromatic heterocycles. The van der Waals surface area contributed by atoms with Crippen molar-refractivity contribution in [2.24, 2.45) is 11.5 Å². The van der Waals surface area contributed by atoms with Crippen molar-refractivity contribution in [3.63, 3.8) is 0 Å². The third kappa shape index (κ3) is 48.5. The van der Waals surface area contributed by atoms with E-state index in [1.54, 1.807) is 0 Å². The number of hydrogen-bond acceptors (Lipinski definition) is 8. The van der Waals surface area contributed by atoms with E-state index in [4.69, 9.17) is 29.0 Å². The second-order valence-corrected chi connectivity index (χ2v) is 3.66. The molecule has 8 nitrogen and oxygen atoms in total. The maximum absolute atomic E-state index is 8.52. The average Bonchev–Trinajstić information content (AvgIpc) is 2.14.